The Morgan fingerprint density at radius 1 is 1.20 bits per heavy atom. The Balaban J connectivity index is 2.00. The van der Waals surface area contributed by atoms with Gasteiger partial charge in [0.05, 0.1) is 22.7 Å². The number of anilines is 1. The fourth-order valence-corrected chi connectivity index (χ4v) is 2.76. The lowest BCUT2D eigenvalue weighted by Crippen LogP contribution is -2.30. The van der Waals surface area contributed by atoms with Gasteiger partial charge in [-0.15, -0.1) is 0 Å². The number of nitro benzene ring substituents is 1. The summed E-state index contributed by atoms with van der Waals surface area (Å²) in [5.74, 6) is -0.198. The molecule has 2 aromatic carbocycles. The van der Waals surface area contributed by atoms with E-state index >= 15 is 0 Å². The number of rotatable bonds is 6. The first kappa shape index (κ1) is 18.6. The van der Waals surface area contributed by atoms with Gasteiger partial charge >= 0.3 is 0 Å². The van der Waals surface area contributed by atoms with Gasteiger partial charge < -0.3 is 5.32 Å². The van der Waals surface area contributed by atoms with Crippen molar-refractivity contribution in [3.8, 4) is 0 Å². The topological polar surface area (TPSA) is 75.5 Å². The van der Waals surface area contributed by atoms with Crippen LogP contribution in [-0.4, -0.2) is 29.3 Å². The number of amides is 1. The second kappa shape index (κ2) is 7.90. The Kier molecular flexibility index (Phi) is 5.88. The number of likely N-dealkylation sites (N-methyl/N-ethyl adjacent to an activating group) is 1. The lowest BCUT2D eigenvalue weighted by Gasteiger charge is -2.18. The van der Waals surface area contributed by atoms with Crippen molar-refractivity contribution >= 4 is 17.3 Å². The fraction of sp³-hybridized carbons (Fsp3) is 0.316. The quantitative estimate of drug-likeness (QED) is 0.643. The number of hydrogen-bond acceptors (Lipinski definition) is 4. The van der Waals surface area contributed by atoms with Gasteiger partial charge in [0.2, 0.25) is 5.91 Å². The number of hydrogen-bond donors (Lipinski definition) is 1. The zero-order chi connectivity index (χ0) is 18.6. The molecule has 1 N–H and O–H groups in total. The van der Waals surface area contributed by atoms with Crippen LogP contribution in [-0.2, 0) is 11.3 Å². The highest BCUT2D eigenvalue weighted by molar-refractivity contribution is 5.93. The van der Waals surface area contributed by atoms with E-state index in [1.807, 2.05) is 11.9 Å². The Morgan fingerprint density at radius 2 is 1.92 bits per heavy atom. The third kappa shape index (κ3) is 4.87. The van der Waals surface area contributed by atoms with Crippen LogP contribution in [0.3, 0.4) is 0 Å². The van der Waals surface area contributed by atoms with Crippen molar-refractivity contribution in [1.82, 2.24) is 4.90 Å². The van der Waals surface area contributed by atoms with Crippen LogP contribution in [0.15, 0.2) is 36.4 Å². The summed E-state index contributed by atoms with van der Waals surface area (Å²) in [6.45, 7) is 6.61. The van der Waals surface area contributed by atoms with E-state index in [1.54, 1.807) is 19.1 Å². The molecule has 0 bridgehead atoms. The van der Waals surface area contributed by atoms with Crippen molar-refractivity contribution in [3.63, 3.8) is 0 Å². The summed E-state index contributed by atoms with van der Waals surface area (Å²) < 4.78 is 0. The van der Waals surface area contributed by atoms with Gasteiger partial charge in [0.1, 0.15) is 0 Å². The summed E-state index contributed by atoms with van der Waals surface area (Å²) in [7, 11) is 1.87. The van der Waals surface area contributed by atoms with Crippen LogP contribution in [0.5, 0.6) is 0 Å². The van der Waals surface area contributed by atoms with Crippen LogP contribution in [0.25, 0.3) is 0 Å². The SMILES string of the molecule is Cc1ccc(CN(C)CC(=O)Nc2cccc([N+](=O)[O-])c2C)c(C)c1. The average molecular weight is 341 g/mol. The standard InChI is InChI=1S/C19H23N3O3/c1-13-8-9-16(14(2)10-13)11-21(4)12-19(23)20-17-6-5-7-18(15(17)3)22(24)25/h5-10H,11-12H2,1-4H3,(H,20,23). The molecule has 0 aliphatic carbocycles. The number of nitrogens with zero attached hydrogens (tertiary/aromatic N) is 2. The van der Waals surface area contributed by atoms with Crippen molar-refractivity contribution in [2.45, 2.75) is 27.3 Å². The minimum Gasteiger partial charge on any atom is -0.324 e. The lowest BCUT2D eigenvalue weighted by atomic mass is 10.1. The van der Waals surface area contributed by atoms with Crippen molar-refractivity contribution in [1.29, 1.82) is 0 Å². The van der Waals surface area contributed by atoms with E-state index in [4.69, 9.17) is 0 Å². The molecule has 25 heavy (non-hydrogen) atoms. The number of carbonyl (C=O) groups is 1. The van der Waals surface area contributed by atoms with Crippen molar-refractivity contribution in [3.05, 3.63) is 68.8 Å². The van der Waals surface area contributed by atoms with Crippen molar-refractivity contribution in [2.75, 3.05) is 18.9 Å². The lowest BCUT2D eigenvalue weighted by molar-refractivity contribution is -0.385. The van der Waals surface area contributed by atoms with Crippen LogP contribution in [0.1, 0.15) is 22.3 Å². The minimum absolute atomic E-state index is 0.00133. The largest absolute Gasteiger partial charge is 0.324 e. The molecule has 1 amide bonds. The van der Waals surface area contributed by atoms with Gasteiger partial charge in [0.15, 0.2) is 0 Å². The molecular weight excluding hydrogens is 318 g/mol. The summed E-state index contributed by atoms with van der Waals surface area (Å²) >= 11 is 0. The zero-order valence-corrected chi connectivity index (χ0v) is 15.0. The zero-order valence-electron chi connectivity index (χ0n) is 15.0. The molecule has 2 rings (SSSR count). The summed E-state index contributed by atoms with van der Waals surface area (Å²) in [5.41, 5.74) is 4.51. The summed E-state index contributed by atoms with van der Waals surface area (Å²) in [6, 6.07) is 10.9. The molecular formula is C19H23N3O3. The molecule has 0 aliphatic heterocycles. The van der Waals surface area contributed by atoms with E-state index in [2.05, 4.69) is 37.4 Å². The van der Waals surface area contributed by atoms with Gasteiger partial charge in [-0.2, -0.15) is 0 Å². The monoisotopic (exact) mass is 341 g/mol. The maximum absolute atomic E-state index is 12.3. The number of carbonyl (C=O) groups excluding carboxylic acids is 1. The molecule has 0 unspecified atom stereocenters. The second-order valence-corrected chi connectivity index (χ2v) is 6.36. The summed E-state index contributed by atoms with van der Waals surface area (Å²) in [4.78, 5) is 24.7. The maximum atomic E-state index is 12.3. The van der Waals surface area contributed by atoms with Gasteiger partial charge in [-0.1, -0.05) is 29.8 Å². The molecule has 0 fully saturated rings. The molecule has 0 spiro atoms. The third-order valence-corrected chi connectivity index (χ3v) is 4.13. The first-order valence-corrected chi connectivity index (χ1v) is 8.06. The molecule has 0 heterocycles. The summed E-state index contributed by atoms with van der Waals surface area (Å²) in [6.07, 6.45) is 0. The van der Waals surface area contributed by atoms with Crippen LogP contribution >= 0.6 is 0 Å². The van der Waals surface area contributed by atoms with Gasteiger partial charge in [-0.05, 0) is 45.0 Å². The van der Waals surface area contributed by atoms with E-state index < -0.39 is 4.92 Å². The van der Waals surface area contributed by atoms with E-state index in [9.17, 15) is 14.9 Å². The third-order valence-electron chi connectivity index (χ3n) is 4.13. The molecule has 0 saturated carbocycles. The van der Waals surface area contributed by atoms with Crippen LogP contribution in [0, 0.1) is 30.9 Å². The Hall–Kier alpha value is -2.73. The Bertz CT molecular complexity index is 802. The molecule has 132 valence electrons. The number of nitrogens with one attached hydrogen (secondary N) is 1. The Labute approximate surface area is 147 Å². The molecule has 6 heteroatoms. The first-order chi connectivity index (χ1) is 11.8. The van der Waals surface area contributed by atoms with Crippen LogP contribution in [0.4, 0.5) is 11.4 Å². The predicted molar refractivity (Wildman–Crippen MR) is 98.7 cm³/mol. The highest BCUT2D eigenvalue weighted by Gasteiger charge is 2.15. The van der Waals surface area contributed by atoms with E-state index in [0.29, 0.717) is 17.8 Å². The minimum atomic E-state index is -0.447. The molecule has 0 radical (unpaired) electrons. The van der Waals surface area contributed by atoms with Gasteiger partial charge in [-0.3, -0.25) is 19.8 Å². The number of aryl methyl sites for hydroxylation is 2. The van der Waals surface area contributed by atoms with E-state index in [1.165, 1.54) is 22.8 Å². The molecule has 0 aromatic heterocycles. The normalized spacial score (nSPS) is 10.8. The fourth-order valence-electron chi connectivity index (χ4n) is 2.76. The van der Waals surface area contributed by atoms with E-state index in [-0.39, 0.29) is 18.1 Å². The molecule has 6 nitrogen and oxygen atoms in total. The average Bonchev–Trinajstić information content (AvgIpc) is 2.51. The Morgan fingerprint density at radius 3 is 2.56 bits per heavy atom. The summed E-state index contributed by atoms with van der Waals surface area (Å²) in [5, 5.41) is 13.7. The maximum Gasteiger partial charge on any atom is 0.274 e. The highest BCUT2D eigenvalue weighted by Crippen LogP contribution is 2.25. The smallest absolute Gasteiger partial charge is 0.274 e. The highest BCUT2D eigenvalue weighted by atomic mass is 16.6. The van der Waals surface area contributed by atoms with Crippen LogP contribution in [0.2, 0.25) is 0 Å². The number of nitro groups is 1. The predicted octanol–water partition coefficient (Wildman–Crippen LogP) is 3.59. The molecule has 0 aliphatic rings. The first-order valence-electron chi connectivity index (χ1n) is 8.06. The van der Waals surface area contributed by atoms with E-state index in [0.717, 1.165) is 0 Å². The van der Waals surface area contributed by atoms with Crippen LogP contribution < -0.4 is 5.32 Å². The molecule has 0 saturated heterocycles. The molecule has 2 aromatic rings. The van der Waals surface area contributed by atoms with Crippen molar-refractivity contribution in [2.24, 2.45) is 0 Å². The van der Waals surface area contributed by atoms with Gasteiger partial charge in [0, 0.05) is 12.6 Å². The molecule has 0 atom stereocenters. The van der Waals surface area contributed by atoms with Gasteiger partial charge in [0.25, 0.3) is 5.69 Å². The van der Waals surface area contributed by atoms with Crippen molar-refractivity contribution < 1.29 is 9.72 Å². The van der Waals surface area contributed by atoms with Gasteiger partial charge in [-0.25, -0.2) is 0 Å². The second-order valence-electron chi connectivity index (χ2n) is 6.36. The number of benzene rings is 2.